The van der Waals surface area contributed by atoms with Crippen LogP contribution >= 0.6 is 23.5 Å². The number of ether oxygens (including phenoxy) is 1. The van der Waals surface area contributed by atoms with Gasteiger partial charge in [-0.2, -0.15) is 16.7 Å². The molecular formula is C23H35N7O5S2. The van der Waals surface area contributed by atoms with Gasteiger partial charge in [-0.3, -0.25) is 19.3 Å². The fourth-order valence-electron chi connectivity index (χ4n) is 6.44. The molecule has 0 spiro atoms. The Morgan fingerprint density at radius 2 is 1.32 bits per heavy atom. The molecule has 6 aliphatic rings. The molecule has 0 aliphatic carbocycles. The molecule has 14 heteroatoms. The molecule has 0 aromatic rings. The third-order valence-corrected chi connectivity index (χ3v) is 10.4. The van der Waals surface area contributed by atoms with Crippen LogP contribution in [0.4, 0.5) is 4.79 Å². The molecule has 0 aromatic heterocycles. The summed E-state index contributed by atoms with van der Waals surface area (Å²) in [7, 11) is 0. The van der Waals surface area contributed by atoms with Crippen LogP contribution in [0.15, 0.2) is 0 Å². The number of nitrogens with one attached hydrogen (secondary N) is 1. The summed E-state index contributed by atoms with van der Waals surface area (Å²) < 4.78 is 6.18. The van der Waals surface area contributed by atoms with Crippen LogP contribution < -0.4 is 5.32 Å². The average molecular weight is 554 g/mol. The molecule has 204 valence electrons. The molecule has 2 atom stereocenters. The number of likely N-dealkylation sites (tertiary alicyclic amines) is 2. The van der Waals surface area contributed by atoms with Crippen molar-refractivity contribution in [3.8, 4) is 0 Å². The Morgan fingerprint density at radius 1 is 0.730 bits per heavy atom. The first kappa shape index (κ1) is 25.8. The number of cyclic esters (lactones) is 1. The molecule has 2 unspecified atom stereocenters. The summed E-state index contributed by atoms with van der Waals surface area (Å²) in [6.45, 7) is 6.04. The quantitative estimate of drug-likeness (QED) is 0.455. The van der Waals surface area contributed by atoms with E-state index in [1.807, 2.05) is 19.7 Å². The fraction of sp³-hybridized carbons (Fsp3) is 0.826. The van der Waals surface area contributed by atoms with Crippen molar-refractivity contribution in [3.05, 3.63) is 0 Å². The summed E-state index contributed by atoms with van der Waals surface area (Å²) in [4.78, 5) is 62.5. The highest BCUT2D eigenvalue weighted by Gasteiger charge is 2.73. The van der Waals surface area contributed by atoms with Crippen LogP contribution in [0.1, 0.15) is 32.1 Å². The Balaban J connectivity index is 1.47. The monoisotopic (exact) mass is 553 g/mol. The second-order valence-electron chi connectivity index (χ2n) is 10.2. The molecule has 0 saturated carbocycles. The first-order chi connectivity index (χ1) is 18.0. The highest BCUT2D eigenvalue weighted by molar-refractivity contribution is 8.17. The van der Waals surface area contributed by atoms with E-state index in [0.29, 0.717) is 65.4 Å². The number of thioether (sulfide) groups is 2. The van der Waals surface area contributed by atoms with Gasteiger partial charge in [-0.1, -0.05) is 6.42 Å². The van der Waals surface area contributed by atoms with Crippen molar-refractivity contribution < 1.29 is 23.9 Å². The van der Waals surface area contributed by atoms with Crippen molar-refractivity contribution in [1.29, 1.82) is 0 Å². The van der Waals surface area contributed by atoms with E-state index in [4.69, 9.17) is 4.74 Å². The van der Waals surface area contributed by atoms with Crippen molar-refractivity contribution in [1.82, 2.24) is 34.9 Å². The Morgan fingerprint density at radius 3 is 2.00 bits per heavy atom. The van der Waals surface area contributed by atoms with Crippen LogP contribution in [-0.4, -0.2) is 141 Å². The molecule has 3 amide bonds. The summed E-state index contributed by atoms with van der Waals surface area (Å²) in [6.07, 6.45) is 3.79. The fourth-order valence-corrected chi connectivity index (χ4v) is 8.59. The Labute approximate surface area is 225 Å². The van der Waals surface area contributed by atoms with Gasteiger partial charge in [0.05, 0.1) is 0 Å². The predicted molar refractivity (Wildman–Crippen MR) is 138 cm³/mol. The molecule has 6 saturated heterocycles. The summed E-state index contributed by atoms with van der Waals surface area (Å²) in [5, 5.41) is 4.37. The minimum Gasteiger partial charge on any atom is -0.403 e. The summed E-state index contributed by atoms with van der Waals surface area (Å²) in [5.41, 5.74) is 0. The Hall–Kier alpha value is -1.42. The lowest BCUT2D eigenvalue weighted by Crippen LogP contribution is -2.75. The topological polar surface area (TPSA) is 109 Å². The number of carbonyl (C=O) groups excluding carboxylic acids is 4. The van der Waals surface area contributed by atoms with Crippen LogP contribution in [0.3, 0.4) is 0 Å². The highest BCUT2D eigenvalue weighted by Crippen LogP contribution is 2.50. The number of amides is 3. The Bertz CT molecular complexity index is 950. The predicted octanol–water partition coefficient (Wildman–Crippen LogP) is -0.217. The third kappa shape index (κ3) is 4.02. The molecule has 0 bridgehead atoms. The number of hydrogen-bond donors (Lipinski definition) is 1. The maximum absolute atomic E-state index is 14.8. The molecule has 1 N–H and O–H groups in total. The molecule has 37 heavy (non-hydrogen) atoms. The van der Waals surface area contributed by atoms with Crippen LogP contribution in [0, 0.1) is 0 Å². The number of hydrazine groups is 1. The number of carbonyl (C=O) groups is 4. The minimum absolute atomic E-state index is 0.488. The van der Waals surface area contributed by atoms with Gasteiger partial charge in [0.2, 0.25) is 0 Å². The number of piperidine rings is 1. The number of nitrogens with zero attached hydrogens (tertiary/aromatic N) is 6. The smallest absolute Gasteiger partial charge is 0.403 e. The van der Waals surface area contributed by atoms with E-state index in [1.165, 1.54) is 5.01 Å². The maximum Gasteiger partial charge on any atom is 0.423 e. The lowest BCUT2D eigenvalue weighted by atomic mass is 10.1. The largest absolute Gasteiger partial charge is 0.423 e. The van der Waals surface area contributed by atoms with E-state index in [-0.39, 0.29) is 0 Å². The van der Waals surface area contributed by atoms with Gasteiger partial charge < -0.3 is 10.1 Å². The lowest BCUT2D eigenvalue weighted by Gasteiger charge is -2.52. The van der Waals surface area contributed by atoms with E-state index in [9.17, 15) is 19.2 Å². The van der Waals surface area contributed by atoms with Gasteiger partial charge in [-0.05, 0) is 37.4 Å². The summed E-state index contributed by atoms with van der Waals surface area (Å²) in [6, 6.07) is 0. The van der Waals surface area contributed by atoms with Gasteiger partial charge >= 0.3 is 23.8 Å². The first-order valence-corrected chi connectivity index (χ1v) is 15.4. The number of imide groups is 1. The van der Waals surface area contributed by atoms with Crippen LogP contribution in [0.25, 0.3) is 0 Å². The van der Waals surface area contributed by atoms with Gasteiger partial charge in [0.15, 0.2) is 0 Å². The van der Waals surface area contributed by atoms with Crippen LogP contribution in [0.2, 0.25) is 0 Å². The second-order valence-corrected chi connectivity index (χ2v) is 12.6. The first-order valence-electron chi connectivity index (χ1n) is 13.4. The lowest BCUT2D eigenvalue weighted by molar-refractivity contribution is -0.208. The Kier molecular flexibility index (Phi) is 7.18. The highest BCUT2D eigenvalue weighted by atomic mass is 32.2. The normalized spacial score (nSPS) is 35.7. The van der Waals surface area contributed by atoms with Gasteiger partial charge in [0, 0.05) is 77.0 Å². The average Bonchev–Trinajstić information content (AvgIpc) is 3.63. The summed E-state index contributed by atoms with van der Waals surface area (Å²) in [5.74, 6) is -1.12. The molecule has 0 aromatic carbocycles. The SMILES string of the molecule is O=C1SC(N2CCCCC2)(N2C(=O)OC(N3CCCC3)(N3CCNCC3)C2=O)N(N2CCSCC2)C1=O. The van der Waals surface area contributed by atoms with Gasteiger partial charge in [0.1, 0.15) is 0 Å². The molecular weight excluding hydrogens is 518 g/mol. The third-order valence-electron chi connectivity index (χ3n) is 8.18. The molecule has 6 fully saturated rings. The van der Waals surface area contributed by atoms with E-state index < -0.39 is 34.0 Å². The standard InChI is InChI=1S/C23H35N7O5S2/c31-18-19(32)37-23(27-10-2-1-3-11-27,30(18)28-14-16-36-17-15-28)29-20(33)22(35-21(29)34,25-8-4-5-9-25)26-12-6-24-7-13-26/h24H,1-17H2. The molecule has 0 radical (unpaired) electrons. The van der Waals surface area contributed by atoms with E-state index in [0.717, 1.165) is 60.3 Å². The van der Waals surface area contributed by atoms with Crippen LogP contribution in [0.5, 0.6) is 0 Å². The number of rotatable bonds is 5. The maximum atomic E-state index is 14.8. The van der Waals surface area contributed by atoms with Gasteiger partial charge in [0.25, 0.3) is 10.2 Å². The van der Waals surface area contributed by atoms with E-state index >= 15 is 0 Å². The van der Waals surface area contributed by atoms with Crippen LogP contribution in [-0.2, 0) is 19.1 Å². The minimum atomic E-state index is -1.60. The summed E-state index contributed by atoms with van der Waals surface area (Å²) >= 11 is 2.58. The zero-order valence-corrected chi connectivity index (χ0v) is 22.7. The molecule has 6 aliphatic heterocycles. The van der Waals surface area contributed by atoms with E-state index in [1.54, 1.807) is 11.8 Å². The molecule has 6 heterocycles. The van der Waals surface area contributed by atoms with Gasteiger partial charge in [-0.15, -0.1) is 0 Å². The van der Waals surface area contributed by atoms with Crippen molar-refractivity contribution in [2.75, 3.05) is 77.0 Å². The zero-order valence-electron chi connectivity index (χ0n) is 21.1. The van der Waals surface area contributed by atoms with Crippen molar-refractivity contribution in [2.45, 2.75) is 43.1 Å². The molecule has 12 nitrogen and oxygen atoms in total. The van der Waals surface area contributed by atoms with Crippen molar-refractivity contribution in [2.24, 2.45) is 0 Å². The number of hydrogen-bond acceptors (Lipinski definition) is 12. The number of piperazine rings is 1. The van der Waals surface area contributed by atoms with Gasteiger partial charge in [-0.25, -0.2) is 24.6 Å². The van der Waals surface area contributed by atoms with Crippen molar-refractivity contribution in [3.63, 3.8) is 0 Å². The molecule has 6 rings (SSSR count). The van der Waals surface area contributed by atoms with E-state index in [2.05, 4.69) is 5.32 Å². The van der Waals surface area contributed by atoms with Crippen molar-refractivity contribution >= 4 is 46.5 Å². The second kappa shape index (κ2) is 10.3. The zero-order chi connectivity index (χ0) is 25.6.